The third kappa shape index (κ3) is 6.62. The number of H-pyrrole nitrogens is 1. The lowest BCUT2D eigenvalue weighted by molar-refractivity contribution is -0.139. The number of Topliss-reactive ketones (excluding diaryl/α,β-unsaturated/α-hetero) is 1. The molecule has 0 fully saturated rings. The minimum atomic E-state index is -1.19. The number of carboxylic acid groups (broad SMARTS) is 1. The zero-order chi connectivity index (χ0) is 26.4. The molecule has 0 saturated heterocycles. The summed E-state index contributed by atoms with van der Waals surface area (Å²) in [6.45, 7) is 5.93. The predicted molar refractivity (Wildman–Crippen MR) is 133 cm³/mol. The molecular weight excluding hydrogens is 466 g/mol. The molecule has 36 heavy (non-hydrogen) atoms. The predicted octanol–water partition coefficient (Wildman–Crippen LogP) is 1.73. The third-order valence-electron chi connectivity index (χ3n) is 5.90. The molecular formula is C24H29N7O5. The molecule has 0 aliphatic carbocycles. The first-order valence-corrected chi connectivity index (χ1v) is 11.5. The normalized spacial score (nSPS) is 12.8. The molecule has 2 atom stereocenters. The van der Waals surface area contributed by atoms with Crippen molar-refractivity contribution in [1.29, 1.82) is 0 Å². The Kier molecular flexibility index (Phi) is 8.30. The van der Waals surface area contributed by atoms with Crippen molar-refractivity contribution in [2.24, 2.45) is 11.8 Å². The van der Waals surface area contributed by atoms with Gasteiger partial charge >= 0.3 is 5.97 Å². The number of nitrogens with one attached hydrogen (secondary N) is 3. The lowest BCUT2D eigenvalue weighted by Crippen LogP contribution is -2.41. The number of nitrogens with two attached hydrogens (primary N) is 1. The van der Waals surface area contributed by atoms with E-state index in [1.807, 2.05) is 20.8 Å². The molecule has 6 N–H and O–H groups in total. The summed E-state index contributed by atoms with van der Waals surface area (Å²) in [4.78, 5) is 63.0. The third-order valence-corrected chi connectivity index (χ3v) is 5.90. The van der Waals surface area contributed by atoms with Crippen LogP contribution in [-0.2, 0) is 16.1 Å². The number of rotatable bonds is 11. The van der Waals surface area contributed by atoms with Crippen LogP contribution < -0.4 is 21.9 Å². The summed E-state index contributed by atoms with van der Waals surface area (Å²) < 4.78 is 0. The van der Waals surface area contributed by atoms with Gasteiger partial charge in [0.2, 0.25) is 5.95 Å². The van der Waals surface area contributed by atoms with Crippen molar-refractivity contribution in [3.8, 4) is 0 Å². The highest BCUT2D eigenvalue weighted by Crippen LogP contribution is 2.16. The van der Waals surface area contributed by atoms with Gasteiger partial charge in [0.05, 0.1) is 18.4 Å². The molecule has 1 aromatic carbocycles. The maximum Gasteiger partial charge on any atom is 0.326 e. The first kappa shape index (κ1) is 26.3. The highest BCUT2D eigenvalue weighted by molar-refractivity contribution is 5.97. The molecule has 0 bridgehead atoms. The van der Waals surface area contributed by atoms with Gasteiger partial charge in [0.25, 0.3) is 11.5 Å². The van der Waals surface area contributed by atoms with E-state index in [0.717, 1.165) is 0 Å². The Morgan fingerprint density at radius 3 is 2.44 bits per heavy atom. The fourth-order valence-electron chi connectivity index (χ4n) is 3.37. The van der Waals surface area contributed by atoms with Crippen molar-refractivity contribution in [3.05, 3.63) is 52.1 Å². The fraction of sp³-hybridized carbons (Fsp3) is 0.375. The van der Waals surface area contributed by atoms with Crippen LogP contribution in [0.25, 0.3) is 11.2 Å². The summed E-state index contributed by atoms with van der Waals surface area (Å²) in [6.07, 6.45) is 1.57. The van der Waals surface area contributed by atoms with Crippen molar-refractivity contribution in [3.63, 3.8) is 0 Å². The van der Waals surface area contributed by atoms with Crippen LogP contribution in [0.15, 0.2) is 35.3 Å². The van der Waals surface area contributed by atoms with E-state index in [1.165, 1.54) is 6.20 Å². The molecule has 1 amide bonds. The van der Waals surface area contributed by atoms with Gasteiger partial charge in [-0.25, -0.2) is 14.8 Å². The molecule has 0 aliphatic heterocycles. The Labute approximate surface area is 206 Å². The van der Waals surface area contributed by atoms with Crippen LogP contribution in [0.3, 0.4) is 0 Å². The largest absolute Gasteiger partial charge is 0.480 e. The number of nitrogen functional groups attached to an aromatic ring is 1. The number of fused-ring (bicyclic) bond motifs is 1. The quantitative estimate of drug-likeness (QED) is 0.261. The highest BCUT2D eigenvalue weighted by Gasteiger charge is 2.24. The molecule has 0 aliphatic rings. The number of carboxylic acids is 1. The molecule has 1 unspecified atom stereocenters. The number of carbonyl (C=O) groups is 3. The number of hydrogen-bond donors (Lipinski definition) is 5. The lowest BCUT2D eigenvalue weighted by atomic mass is 9.90. The van der Waals surface area contributed by atoms with E-state index in [0.29, 0.717) is 11.4 Å². The van der Waals surface area contributed by atoms with E-state index in [-0.39, 0.29) is 59.7 Å². The number of ketones is 1. The van der Waals surface area contributed by atoms with Crippen LogP contribution in [0.1, 0.15) is 49.7 Å². The maximum absolute atomic E-state index is 12.6. The molecule has 2 heterocycles. The van der Waals surface area contributed by atoms with Gasteiger partial charge < -0.3 is 21.5 Å². The summed E-state index contributed by atoms with van der Waals surface area (Å²) in [5.74, 6) is -1.82. The van der Waals surface area contributed by atoms with E-state index in [1.54, 1.807) is 24.3 Å². The van der Waals surface area contributed by atoms with E-state index < -0.39 is 23.5 Å². The second kappa shape index (κ2) is 11.4. The van der Waals surface area contributed by atoms with Gasteiger partial charge in [0.1, 0.15) is 11.8 Å². The van der Waals surface area contributed by atoms with Crippen LogP contribution in [-0.4, -0.2) is 48.7 Å². The number of aliphatic carboxylic acids is 1. The second-order valence-electron chi connectivity index (χ2n) is 8.82. The molecule has 0 spiro atoms. The maximum atomic E-state index is 12.6. The fourth-order valence-corrected chi connectivity index (χ4v) is 3.37. The molecule has 190 valence electrons. The summed E-state index contributed by atoms with van der Waals surface area (Å²) >= 11 is 0. The first-order chi connectivity index (χ1) is 17.0. The Bertz CT molecular complexity index is 1320. The summed E-state index contributed by atoms with van der Waals surface area (Å²) in [5, 5.41) is 15.1. The summed E-state index contributed by atoms with van der Waals surface area (Å²) in [5.41, 5.74) is 6.67. The lowest BCUT2D eigenvalue weighted by Gasteiger charge is -2.17. The molecule has 12 nitrogen and oxygen atoms in total. The van der Waals surface area contributed by atoms with Crippen molar-refractivity contribution in [2.45, 2.75) is 46.2 Å². The van der Waals surface area contributed by atoms with Crippen molar-refractivity contribution in [1.82, 2.24) is 25.3 Å². The van der Waals surface area contributed by atoms with Gasteiger partial charge in [-0.3, -0.25) is 19.4 Å². The number of benzene rings is 1. The molecule has 12 heteroatoms. The van der Waals surface area contributed by atoms with Crippen molar-refractivity contribution >= 4 is 40.5 Å². The monoisotopic (exact) mass is 495 g/mol. The number of anilines is 2. The number of amides is 1. The average Bonchev–Trinajstić information content (AvgIpc) is 2.84. The highest BCUT2D eigenvalue weighted by atomic mass is 16.4. The average molecular weight is 496 g/mol. The molecule has 2 aromatic heterocycles. The van der Waals surface area contributed by atoms with Crippen molar-refractivity contribution in [2.75, 3.05) is 11.1 Å². The Morgan fingerprint density at radius 2 is 1.81 bits per heavy atom. The van der Waals surface area contributed by atoms with E-state index >= 15 is 0 Å². The van der Waals surface area contributed by atoms with E-state index in [4.69, 9.17) is 5.73 Å². The van der Waals surface area contributed by atoms with Crippen molar-refractivity contribution < 1.29 is 19.5 Å². The Hall–Kier alpha value is -4.35. The number of aromatic amines is 1. The van der Waals surface area contributed by atoms with Gasteiger partial charge in [-0.05, 0) is 36.6 Å². The Balaban J connectivity index is 1.58. The molecule has 3 aromatic rings. The first-order valence-electron chi connectivity index (χ1n) is 11.5. The summed E-state index contributed by atoms with van der Waals surface area (Å²) in [7, 11) is 0. The number of nitrogens with zero attached hydrogens (tertiary/aromatic N) is 3. The zero-order valence-corrected chi connectivity index (χ0v) is 20.2. The van der Waals surface area contributed by atoms with Crippen LogP contribution in [0, 0.1) is 11.8 Å². The number of aromatic nitrogens is 4. The Morgan fingerprint density at radius 1 is 1.11 bits per heavy atom. The van der Waals surface area contributed by atoms with Gasteiger partial charge in [0.15, 0.2) is 11.2 Å². The minimum Gasteiger partial charge on any atom is -0.480 e. The number of carbonyl (C=O) groups excluding carboxylic acids is 2. The molecule has 0 radical (unpaired) electrons. The number of hydrogen-bond acceptors (Lipinski definition) is 9. The van der Waals surface area contributed by atoms with Gasteiger partial charge in [-0.2, -0.15) is 4.98 Å². The van der Waals surface area contributed by atoms with Gasteiger partial charge in [-0.1, -0.05) is 20.8 Å². The molecule has 0 saturated carbocycles. The van der Waals surface area contributed by atoms with Crippen LogP contribution >= 0.6 is 0 Å². The SMILES string of the molecule is CC(C)C(C)C(=O)CC[C@@H](NC(=O)c1ccc(NCc2cnc3nc(N)[nH]c(=O)c3n2)cc1)C(=O)O. The van der Waals surface area contributed by atoms with Gasteiger partial charge in [0, 0.05) is 23.6 Å². The minimum absolute atomic E-state index is 0.0222. The van der Waals surface area contributed by atoms with E-state index in [9.17, 15) is 24.3 Å². The van der Waals surface area contributed by atoms with Crippen LogP contribution in [0.2, 0.25) is 0 Å². The topological polar surface area (TPSA) is 193 Å². The smallest absolute Gasteiger partial charge is 0.326 e. The van der Waals surface area contributed by atoms with Crippen LogP contribution in [0.5, 0.6) is 0 Å². The molecule has 3 rings (SSSR count). The van der Waals surface area contributed by atoms with E-state index in [2.05, 4.69) is 30.6 Å². The summed E-state index contributed by atoms with van der Waals surface area (Å²) in [6, 6.07) is 5.24. The second-order valence-corrected chi connectivity index (χ2v) is 8.82. The van der Waals surface area contributed by atoms with Gasteiger partial charge in [-0.15, -0.1) is 0 Å². The standard InChI is InChI=1S/C24H29N7O5/c1-12(2)13(3)18(32)9-8-17(23(35)36)29-21(33)14-4-6-15(7-5-14)26-10-16-11-27-20-19(28-16)22(34)31-24(25)30-20/h4-7,11-13,17,26H,8-10H2,1-3H3,(H,29,33)(H,35,36)(H3,25,27,30,31,34)/t13?,17-/m1/s1. The van der Waals surface area contributed by atoms with Crippen LogP contribution in [0.4, 0.5) is 11.6 Å². The zero-order valence-electron chi connectivity index (χ0n) is 20.2.